The van der Waals surface area contributed by atoms with E-state index in [0.29, 0.717) is 13.0 Å². The Morgan fingerprint density at radius 3 is 2.46 bits per heavy atom. The summed E-state index contributed by atoms with van der Waals surface area (Å²) in [6.45, 7) is 4.62. The van der Waals surface area contributed by atoms with Gasteiger partial charge in [-0.25, -0.2) is 4.79 Å². The number of carbonyl (C=O) groups is 2. The fourth-order valence-electron chi connectivity index (χ4n) is 3.26. The Labute approximate surface area is 215 Å². The molecule has 0 aliphatic heterocycles. The molecule has 0 bridgehead atoms. The minimum atomic E-state index is -1.02. The van der Waals surface area contributed by atoms with Crippen LogP contribution in [0.2, 0.25) is 10.0 Å². The van der Waals surface area contributed by atoms with Crippen molar-refractivity contribution in [1.29, 1.82) is 0 Å². The van der Waals surface area contributed by atoms with E-state index in [2.05, 4.69) is 10.6 Å². The largest absolute Gasteiger partial charge is 0.505 e. The smallest absolute Gasteiger partial charge is 0.329 e. The van der Waals surface area contributed by atoms with Crippen LogP contribution in [0.15, 0.2) is 36.4 Å². The van der Waals surface area contributed by atoms with Gasteiger partial charge in [-0.1, -0.05) is 66.9 Å². The van der Waals surface area contributed by atoms with E-state index < -0.39 is 23.7 Å². The number of benzene rings is 2. The first-order valence-corrected chi connectivity index (χ1v) is 12.2. The van der Waals surface area contributed by atoms with Gasteiger partial charge in [-0.15, -0.1) is 0 Å². The molecule has 3 N–H and O–H groups in total. The van der Waals surface area contributed by atoms with Gasteiger partial charge in [0.1, 0.15) is 23.9 Å². The molecule has 0 spiro atoms. The van der Waals surface area contributed by atoms with Crippen molar-refractivity contribution in [1.82, 2.24) is 10.6 Å². The highest BCUT2D eigenvalue weighted by atomic mass is 35.5. The Kier molecular flexibility index (Phi) is 12.1. The van der Waals surface area contributed by atoms with Crippen LogP contribution >= 0.6 is 23.2 Å². The van der Waals surface area contributed by atoms with Crippen molar-refractivity contribution in [3.8, 4) is 11.5 Å². The molecule has 0 heterocycles. The Hall–Kier alpha value is -2.52. The number of esters is 1. The maximum absolute atomic E-state index is 13.1. The SMILES string of the molecule is CCCC(NC)Oc1c(Cl)cc(C(=O)NC(Cc2ccccc2)C(=O)OCCOCC)c(O)c1Cl. The normalized spacial score (nSPS) is 12.6. The number of aromatic hydroxyl groups is 1. The highest BCUT2D eigenvalue weighted by Gasteiger charge is 2.27. The second-order valence-corrected chi connectivity index (χ2v) is 8.45. The number of phenolic OH excluding ortho intramolecular Hbond substituents is 1. The molecule has 0 saturated carbocycles. The summed E-state index contributed by atoms with van der Waals surface area (Å²) >= 11 is 12.6. The van der Waals surface area contributed by atoms with Gasteiger partial charge in [0, 0.05) is 13.0 Å². The quantitative estimate of drug-likeness (QED) is 0.191. The summed E-state index contributed by atoms with van der Waals surface area (Å²) in [6.07, 6.45) is 1.33. The lowest BCUT2D eigenvalue weighted by atomic mass is 10.1. The molecule has 2 atom stereocenters. The second-order valence-electron chi connectivity index (χ2n) is 7.66. The summed E-state index contributed by atoms with van der Waals surface area (Å²) in [4.78, 5) is 25.8. The van der Waals surface area contributed by atoms with E-state index in [0.717, 1.165) is 12.0 Å². The first-order chi connectivity index (χ1) is 16.8. The maximum Gasteiger partial charge on any atom is 0.329 e. The molecule has 0 radical (unpaired) electrons. The number of hydrogen-bond acceptors (Lipinski definition) is 7. The van der Waals surface area contributed by atoms with Crippen LogP contribution in [-0.4, -0.2) is 56.1 Å². The van der Waals surface area contributed by atoms with Gasteiger partial charge in [-0.2, -0.15) is 0 Å². The van der Waals surface area contributed by atoms with Crippen LogP contribution in [0.4, 0.5) is 0 Å². The molecular weight excluding hydrogens is 495 g/mol. The van der Waals surface area contributed by atoms with E-state index in [1.54, 1.807) is 7.05 Å². The predicted molar refractivity (Wildman–Crippen MR) is 135 cm³/mol. The molecule has 2 aromatic rings. The van der Waals surface area contributed by atoms with E-state index in [-0.39, 0.29) is 47.2 Å². The molecular formula is C25H32Cl2N2O6. The van der Waals surface area contributed by atoms with Crippen molar-refractivity contribution in [2.24, 2.45) is 0 Å². The van der Waals surface area contributed by atoms with Gasteiger partial charge in [0.2, 0.25) is 0 Å². The molecule has 1 amide bonds. The standard InChI is InChI=1S/C25H32Cl2N2O6/c1-4-9-20(28-3)35-23-18(26)15-17(22(30)21(23)27)24(31)29-19(14-16-10-7-6-8-11-16)25(32)34-13-12-33-5-2/h6-8,10-11,15,19-20,28,30H,4-5,9,12-14H2,1-3H3,(H,29,31). The van der Waals surface area contributed by atoms with E-state index in [1.807, 2.05) is 44.2 Å². The molecule has 0 fully saturated rings. The molecule has 0 aliphatic carbocycles. The highest BCUT2D eigenvalue weighted by molar-refractivity contribution is 6.39. The minimum Gasteiger partial charge on any atom is -0.505 e. The molecule has 35 heavy (non-hydrogen) atoms. The monoisotopic (exact) mass is 526 g/mol. The van der Waals surface area contributed by atoms with Crippen LogP contribution in [0.5, 0.6) is 11.5 Å². The van der Waals surface area contributed by atoms with Crippen LogP contribution in [0, 0.1) is 0 Å². The summed E-state index contributed by atoms with van der Waals surface area (Å²) in [5.41, 5.74) is 0.627. The third kappa shape index (κ3) is 8.58. The highest BCUT2D eigenvalue weighted by Crippen LogP contribution is 2.42. The third-order valence-corrected chi connectivity index (χ3v) is 5.71. The summed E-state index contributed by atoms with van der Waals surface area (Å²) in [7, 11) is 1.73. The van der Waals surface area contributed by atoms with Crippen LogP contribution < -0.4 is 15.4 Å². The molecule has 192 valence electrons. The number of phenols is 1. The van der Waals surface area contributed by atoms with Gasteiger partial charge in [0.15, 0.2) is 11.5 Å². The fourth-order valence-corrected chi connectivity index (χ4v) is 3.81. The Morgan fingerprint density at radius 1 is 1.11 bits per heavy atom. The zero-order valence-electron chi connectivity index (χ0n) is 20.1. The van der Waals surface area contributed by atoms with Crippen molar-refractivity contribution in [2.75, 3.05) is 26.9 Å². The van der Waals surface area contributed by atoms with Gasteiger partial charge < -0.3 is 24.6 Å². The van der Waals surface area contributed by atoms with E-state index in [9.17, 15) is 14.7 Å². The van der Waals surface area contributed by atoms with Crippen LogP contribution in [0.25, 0.3) is 0 Å². The van der Waals surface area contributed by atoms with Crippen LogP contribution in [0.3, 0.4) is 0 Å². The Bertz CT molecular complexity index is 974. The molecule has 0 aromatic heterocycles. The number of hydrogen-bond donors (Lipinski definition) is 3. The van der Waals surface area contributed by atoms with E-state index >= 15 is 0 Å². The number of nitrogens with one attached hydrogen (secondary N) is 2. The van der Waals surface area contributed by atoms with Gasteiger partial charge in [-0.05, 0) is 32.0 Å². The van der Waals surface area contributed by atoms with Crippen molar-refractivity contribution in [3.63, 3.8) is 0 Å². The first kappa shape index (κ1) is 28.7. The van der Waals surface area contributed by atoms with Gasteiger partial charge in [0.05, 0.1) is 17.2 Å². The second kappa shape index (κ2) is 14.8. The average molecular weight is 527 g/mol. The summed E-state index contributed by atoms with van der Waals surface area (Å²) < 4.78 is 16.3. The zero-order valence-corrected chi connectivity index (χ0v) is 21.6. The molecule has 0 saturated heterocycles. The number of halogens is 2. The predicted octanol–water partition coefficient (Wildman–Crippen LogP) is 4.34. The Balaban J connectivity index is 2.24. The molecule has 2 unspecified atom stereocenters. The van der Waals surface area contributed by atoms with Crippen molar-refractivity contribution in [3.05, 3.63) is 57.6 Å². The number of carbonyl (C=O) groups excluding carboxylic acids is 2. The third-order valence-electron chi connectivity index (χ3n) is 5.08. The van der Waals surface area contributed by atoms with Gasteiger partial charge in [0.25, 0.3) is 5.91 Å². The van der Waals surface area contributed by atoms with E-state index in [4.69, 9.17) is 37.4 Å². The molecule has 2 rings (SSSR count). The summed E-state index contributed by atoms with van der Waals surface area (Å²) in [5.74, 6) is -1.81. The average Bonchev–Trinajstić information content (AvgIpc) is 2.85. The minimum absolute atomic E-state index is 0.0488. The van der Waals surface area contributed by atoms with Crippen molar-refractivity contribution < 1.29 is 28.9 Å². The van der Waals surface area contributed by atoms with Crippen molar-refractivity contribution in [2.45, 2.75) is 45.4 Å². The number of ether oxygens (including phenoxy) is 3. The van der Waals surface area contributed by atoms with Gasteiger partial charge >= 0.3 is 5.97 Å². The van der Waals surface area contributed by atoms with Gasteiger partial charge in [-0.3, -0.25) is 10.1 Å². The molecule has 10 heteroatoms. The molecule has 0 aliphatic rings. The lowest BCUT2D eigenvalue weighted by Gasteiger charge is -2.21. The first-order valence-electron chi connectivity index (χ1n) is 11.5. The fraction of sp³-hybridized carbons (Fsp3) is 0.440. The number of amides is 1. The van der Waals surface area contributed by atoms with E-state index in [1.165, 1.54) is 6.07 Å². The molecule has 2 aromatic carbocycles. The number of rotatable bonds is 14. The van der Waals surface area contributed by atoms with Crippen molar-refractivity contribution >= 4 is 35.1 Å². The maximum atomic E-state index is 13.1. The lowest BCUT2D eigenvalue weighted by molar-refractivity contribution is -0.147. The Morgan fingerprint density at radius 2 is 1.83 bits per heavy atom. The van der Waals surface area contributed by atoms with Crippen LogP contribution in [0.1, 0.15) is 42.6 Å². The lowest BCUT2D eigenvalue weighted by Crippen LogP contribution is -2.43. The summed E-state index contributed by atoms with van der Waals surface area (Å²) in [5, 5.41) is 16.1. The molecule has 8 nitrogen and oxygen atoms in total. The summed E-state index contributed by atoms with van der Waals surface area (Å²) in [6, 6.07) is 9.41. The topological polar surface area (TPSA) is 106 Å². The van der Waals surface area contributed by atoms with Crippen LogP contribution in [-0.2, 0) is 20.7 Å². The zero-order chi connectivity index (χ0) is 25.8.